The SMILES string of the molecule is CCC(CC)N1C(=O)CC(NC(C)(CC)CC)C1=O. The summed E-state index contributed by atoms with van der Waals surface area (Å²) in [6.07, 6.45) is 3.88. The van der Waals surface area contributed by atoms with Crippen LogP contribution in [0.4, 0.5) is 0 Å². The zero-order valence-electron chi connectivity index (χ0n) is 13.0. The second-order valence-corrected chi connectivity index (χ2v) is 5.74. The first kappa shape index (κ1) is 16.2. The second kappa shape index (κ2) is 6.51. The minimum atomic E-state index is -0.335. The van der Waals surface area contributed by atoms with Gasteiger partial charge in [-0.05, 0) is 32.6 Å². The van der Waals surface area contributed by atoms with Crippen molar-refractivity contribution in [2.75, 3.05) is 0 Å². The predicted molar refractivity (Wildman–Crippen MR) is 76.8 cm³/mol. The van der Waals surface area contributed by atoms with Gasteiger partial charge in [-0.2, -0.15) is 0 Å². The van der Waals surface area contributed by atoms with Crippen molar-refractivity contribution in [1.82, 2.24) is 10.2 Å². The summed E-state index contributed by atoms with van der Waals surface area (Å²) in [7, 11) is 0. The summed E-state index contributed by atoms with van der Waals surface area (Å²) in [4.78, 5) is 26.0. The van der Waals surface area contributed by atoms with E-state index in [2.05, 4.69) is 26.1 Å². The smallest absolute Gasteiger partial charge is 0.247 e. The highest BCUT2D eigenvalue weighted by atomic mass is 16.2. The van der Waals surface area contributed by atoms with Crippen LogP contribution in [-0.2, 0) is 9.59 Å². The zero-order valence-corrected chi connectivity index (χ0v) is 13.0. The van der Waals surface area contributed by atoms with Crippen molar-refractivity contribution in [2.24, 2.45) is 0 Å². The molecule has 0 aromatic carbocycles. The number of carbonyl (C=O) groups excluding carboxylic acids is 2. The average Bonchev–Trinajstić information content (AvgIpc) is 2.67. The van der Waals surface area contributed by atoms with Gasteiger partial charge in [0.1, 0.15) is 0 Å². The van der Waals surface area contributed by atoms with Gasteiger partial charge in [0.2, 0.25) is 11.8 Å². The van der Waals surface area contributed by atoms with Crippen LogP contribution in [-0.4, -0.2) is 34.3 Å². The Bertz CT molecular complexity index is 333. The maximum absolute atomic E-state index is 12.4. The van der Waals surface area contributed by atoms with Gasteiger partial charge in [0.05, 0.1) is 12.5 Å². The number of nitrogens with one attached hydrogen (secondary N) is 1. The number of nitrogens with zero attached hydrogens (tertiary/aromatic N) is 1. The maximum atomic E-state index is 12.4. The number of likely N-dealkylation sites (tertiary alicyclic amines) is 1. The highest BCUT2D eigenvalue weighted by Gasteiger charge is 2.43. The summed E-state index contributed by atoms with van der Waals surface area (Å²) in [5, 5.41) is 3.39. The van der Waals surface area contributed by atoms with Crippen molar-refractivity contribution in [3.05, 3.63) is 0 Å². The van der Waals surface area contributed by atoms with E-state index in [9.17, 15) is 9.59 Å². The van der Waals surface area contributed by atoms with Crippen LogP contribution in [0.2, 0.25) is 0 Å². The molecule has 4 nitrogen and oxygen atoms in total. The summed E-state index contributed by atoms with van der Waals surface area (Å²) >= 11 is 0. The zero-order chi connectivity index (χ0) is 14.6. The molecule has 0 aromatic rings. The molecule has 1 fully saturated rings. The highest BCUT2D eigenvalue weighted by Crippen LogP contribution is 2.23. The molecule has 1 heterocycles. The van der Waals surface area contributed by atoms with Crippen molar-refractivity contribution in [2.45, 2.75) is 84.3 Å². The van der Waals surface area contributed by atoms with Crippen molar-refractivity contribution < 1.29 is 9.59 Å². The standard InChI is InChI=1S/C15H28N2O2/c1-6-11(7-2)17-13(18)10-12(14(17)19)16-15(5,8-3)9-4/h11-12,16H,6-10H2,1-5H3. The Hall–Kier alpha value is -0.900. The predicted octanol–water partition coefficient (Wildman–Crippen LogP) is 2.47. The number of carbonyl (C=O) groups is 2. The highest BCUT2D eigenvalue weighted by molar-refractivity contribution is 6.05. The lowest BCUT2D eigenvalue weighted by Gasteiger charge is -2.31. The molecule has 1 unspecified atom stereocenters. The lowest BCUT2D eigenvalue weighted by Crippen LogP contribution is -2.51. The number of rotatable bonds is 7. The molecule has 1 aliphatic rings. The van der Waals surface area contributed by atoms with E-state index in [0.717, 1.165) is 25.7 Å². The Labute approximate surface area is 116 Å². The molecule has 1 aliphatic heterocycles. The average molecular weight is 268 g/mol. The molecule has 1 atom stereocenters. The fraction of sp³-hybridized carbons (Fsp3) is 0.867. The van der Waals surface area contributed by atoms with Gasteiger partial charge in [-0.15, -0.1) is 0 Å². The maximum Gasteiger partial charge on any atom is 0.247 e. The third-order valence-corrected chi connectivity index (χ3v) is 4.57. The summed E-state index contributed by atoms with van der Waals surface area (Å²) in [6, 6.07) is -0.278. The largest absolute Gasteiger partial charge is 0.300 e. The number of hydrogen-bond acceptors (Lipinski definition) is 3. The van der Waals surface area contributed by atoms with Crippen molar-refractivity contribution in [3.8, 4) is 0 Å². The topological polar surface area (TPSA) is 49.4 Å². The van der Waals surface area contributed by atoms with Crippen molar-refractivity contribution >= 4 is 11.8 Å². The van der Waals surface area contributed by atoms with E-state index >= 15 is 0 Å². The molecule has 19 heavy (non-hydrogen) atoms. The molecule has 0 spiro atoms. The normalized spacial score (nSPS) is 20.7. The molecule has 0 radical (unpaired) electrons. The first-order valence-corrected chi connectivity index (χ1v) is 7.55. The lowest BCUT2D eigenvalue weighted by molar-refractivity contribution is -0.141. The van der Waals surface area contributed by atoms with Gasteiger partial charge in [0, 0.05) is 11.6 Å². The van der Waals surface area contributed by atoms with Gasteiger partial charge in [0.25, 0.3) is 0 Å². The molecule has 0 aliphatic carbocycles. The van der Waals surface area contributed by atoms with Gasteiger partial charge >= 0.3 is 0 Å². The van der Waals surface area contributed by atoms with E-state index in [0.29, 0.717) is 6.42 Å². The van der Waals surface area contributed by atoms with Crippen LogP contribution >= 0.6 is 0 Å². The molecule has 0 saturated carbocycles. The third kappa shape index (κ3) is 3.35. The molecule has 1 saturated heterocycles. The Morgan fingerprint density at radius 2 is 1.74 bits per heavy atom. The monoisotopic (exact) mass is 268 g/mol. The van der Waals surface area contributed by atoms with Crippen LogP contribution in [0.15, 0.2) is 0 Å². The molecule has 110 valence electrons. The lowest BCUT2D eigenvalue weighted by atomic mass is 9.94. The quantitative estimate of drug-likeness (QED) is 0.722. The summed E-state index contributed by atoms with van der Waals surface area (Å²) < 4.78 is 0. The summed E-state index contributed by atoms with van der Waals surface area (Å²) in [5.41, 5.74) is -0.0649. The third-order valence-electron chi connectivity index (χ3n) is 4.57. The van der Waals surface area contributed by atoms with E-state index in [1.165, 1.54) is 4.90 Å². The van der Waals surface area contributed by atoms with Crippen LogP contribution in [0, 0.1) is 0 Å². The number of hydrogen-bond donors (Lipinski definition) is 1. The van der Waals surface area contributed by atoms with Gasteiger partial charge in [-0.3, -0.25) is 14.5 Å². The van der Waals surface area contributed by atoms with Crippen LogP contribution in [0.5, 0.6) is 0 Å². The molecule has 1 N–H and O–H groups in total. The van der Waals surface area contributed by atoms with Crippen molar-refractivity contribution in [3.63, 3.8) is 0 Å². The van der Waals surface area contributed by atoms with Crippen LogP contribution in [0.25, 0.3) is 0 Å². The summed E-state index contributed by atoms with van der Waals surface area (Å²) in [5.74, 6) is -0.0578. The molecule has 4 heteroatoms. The fourth-order valence-corrected chi connectivity index (χ4v) is 2.68. The van der Waals surface area contributed by atoms with E-state index in [1.807, 2.05) is 13.8 Å². The van der Waals surface area contributed by atoms with E-state index in [4.69, 9.17) is 0 Å². The van der Waals surface area contributed by atoms with Gasteiger partial charge < -0.3 is 5.32 Å². The molecular formula is C15H28N2O2. The minimum Gasteiger partial charge on any atom is -0.300 e. The number of amides is 2. The van der Waals surface area contributed by atoms with E-state index < -0.39 is 0 Å². The Balaban J connectivity index is 2.81. The van der Waals surface area contributed by atoms with Gasteiger partial charge in [-0.25, -0.2) is 0 Å². The molecule has 1 rings (SSSR count). The van der Waals surface area contributed by atoms with Gasteiger partial charge in [0.15, 0.2) is 0 Å². The molecule has 2 amide bonds. The first-order valence-electron chi connectivity index (χ1n) is 7.55. The first-order chi connectivity index (χ1) is 8.92. The van der Waals surface area contributed by atoms with E-state index in [1.54, 1.807) is 0 Å². The molecular weight excluding hydrogens is 240 g/mol. The Kier molecular flexibility index (Phi) is 5.53. The summed E-state index contributed by atoms with van der Waals surface area (Å²) in [6.45, 7) is 10.4. The van der Waals surface area contributed by atoms with Crippen LogP contribution in [0.1, 0.15) is 66.7 Å². The Morgan fingerprint density at radius 1 is 1.21 bits per heavy atom. The Morgan fingerprint density at radius 3 is 2.16 bits per heavy atom. The fourth-order valence-electron chi connectivity index (χ4n) is 2.68. The second-order valence-electron chi connectivity index (χ2n) is 5.74. The van der Waals surface area contributed by atoms with Gasteiger partial charge in [-0.1, -0.05) is 27.7 Å². The molecule has 0 aromatic heterocycles. The molecule has 0 bridgehead atoms. The van der Waals surface area contributed by atoms with Crippen molar-refractivity contribution in [1.29, 1.82) is 0 Å². The van der Waals surface area contributed by atoms with Crippen LogP contribution in [0.3, 0.4) is 0 Å². The van der Waals surface area contributed by atoms with Crippen LogP contribution < -0.4 is 5.32 Å². The number of imide groups is 1. The van der Waals surface area contributed by atoms with E-state index in [-0.39, 0.29) is 29.4 Å². The minimum absolute atomic E-state index is 0.0224.